The predicted octanol–water partition coefficient (Wildman–Crippen LogP) is 11.1. The fraction of sp³-hybridized carbons (Fsp3) is 0.0465. The number of fused-ring (bicyclic) bond motifs is 1. The molecule has 0 atom stereocenters. The molecule has 2 heterocycles. The highest BCUT2D eigenvalue weighted by Gasteiger charge is 2.15. The van der Waals surface area contributed by atoms with E-state index in [0.29, 0.717) is 5.82 Å². The summed E-state index contributed by atoms with van der Waals surface area (Å²) in [6.07, 6.45) is 14.6. The summed E-state index contributed by atoms with van der Waals surface area (Å²) in [6.45, 7) is 0. The van der Waals surface area contributed by atoms with E-state index in [2.05, 4.69) is 145 Å². The molecule has 46 heavy (non-hydrogen) atoms. The number of pyridine rings is 1. The molecule has 7 aromatic rings. The molecule has 5 aromatic carbocycles. The molecule has 0 aliphatic heterocycles. The molecule has 0 bridgehead atoms. The molecular weight excluding hydrogens is 558 g/mol. The lowest BCUT2D eigenvalue weighted by Crippen LogP contribution is -1.97. The molecule has 0 radical (unpaired) electrons. The van der Waals surface area contributed by atoms with E-state index in [1.165, 1.54) is 33.0 Å². The minimum atomic E-state index is 0.702. The first kappa shape index (κ1) is 27.6. The van der Waals surface area contributed by atoms with Crippen LogP contribution in [-0.4, -0.2) is 15.0 Å². The number of benzene rings is 5. The number of aromatic nitrogens is 3. The predicted molar refractivity (Wildman–Crippen MR) is 191 cm³/mol. The van der Waals surface area contributed by atoms with E-state index in [1.54, 1.807) is 6.20 Å². The third kappa shape index (κ3) is 5.44. The van der Waals surface area contributed by atoms with Crippen LogP contribution in [0.15, 0.2) is 164 Å². The summed E-state index contributed by atoms with van der Waals surface area (Å²) in [5.41, 5.74) is 12.1. The maximum absolute atomic E-state index is 5.23. The van der Waals surface area contributed by atoms with Gasteiger partial charge in [-0.3, -0.25) is 4.98 Å². The summed E-state index contributed by atoms with van der Waals surface area (Å²) in [5, 5.41) is 2.49. The van der Waals surface area contributed by atoms with Crippen LogP contribution in [0, 0.1) is 0 Å². The lowest BCUT2D eigenvalue weighted by atomic mass is 9.94. The van der Waals surface area contributed by atoms with Gasteiger partial charge in [-0.15, -0.1) is 0 Å². The fourth-order valence-electron chi connectivity index (χ4n) is 6.28. The Morgan fingerprint density at radius 1 is 0.500 bits per heavy atom. The van der Waals surface area contributed by atoms with Gasteiger partial charge in [-0.25, -0.2) is 9.97 Å². The van der Waals surface area contributed by atoms with Crippen molar-refractivity contribution in [1.82, 2.24) is 15.0 Å². The second-order valence-electron chi connectivity index (χ2n) is 11.6. The van der Waals surface area contributed by atoms with Crippen molar-refractivity contribution in [3.05, 3.63) is 170 Å². The molecule has 2 aromatic heterocycles. The molecule has 218 valence electrons. The Morgan fingerprint density at radius 3 is 2.07 bits per heavy atom. The first-order chi connectivity index (χ1) is 22.8. The van der Waals surface area contributed by atoms with Crippen LogP contribution < -0.4 is 0 Å². The summed E-state index contributed by atoms with van der Waals surface area (Å²) >= 11 is 0. The van der Waals surface area contributed by atoms with Gasteiger partial charge >= 0.3 is 0 Å². The Balaban J connectivity index is 1.21. The smallest absolute Gasteiger partial charge is 0.159 e. The average molecular weight is 590 g/mol. The molecule has 3 nitrogen and oxygen atoms in total. The third-order valence-electron chi connectivity index (χ3n) is 8.69. The zero-order chi connectivity index (χ0) is 30.7. The molecule has 1 aliphatic carbocycles. The van der Waals surface area contributed by atoms with Crippen LogP contribution in [0.4, 0.5) is 0 Å². The molecule has 0 saturated carbocycles. The molecule has 0 spiro atoms. The van der Waals surface area contributed by atoms with Crippen LogP contribution >= 0.6 is 0 Å². The molecule has 0 amide bonds. The number of hydrogen-bond acceptors (Lipinski definition) is 3. The Labute approximate surface area is 269 Å². The average Bonchev–Trinajstić information content (AvgIpc) is 3.15. The van der Waals surface area contributed by atoms with Gasteiger partial charge in [0, 0.05) is 35.3 Å². The Bertz CT molecular complexity index is 2220. The second-order valence-corrected chi connectivity index (χ2v) is 11.6. The molecule has 8 rings (SSSR count). The largest absolute Gasteiger partial charge is 0.264 e. The first-order valence-electron chi connectivity index (χ1n) is 15.7. The molecule has 0 unspecified atom stereocenters. The monoisotopic (exact) mass is 589 g/mol. The molecule has 1 aliphatic rings. The summed E-state index contributed by atoms with van der Waals surface area (Å²) in [6, 6.07) is 44.9. The number of rotatable bonds is 6. The van der Waals surface area contributed by atoms with Crippen LogP contribution in [0.3, 0.4) is 0 Å². The van der Waals surface area contributed by atoms with Crippen LogP contribution in [0.1, 0.15) is 18.4 Å². The summed E-state index contributed by atoms with van der Waals surface area (Å²) < 4.78 is 0. The highest BCUT2D eigenvalue weighted by atomic mass is 14.9. The lowest BCUT2D eigenvalue weighted by Gasteiger charge is -2.14. The van der Waals surface area contributed by atoms with Crippen molar-refractivity contribution in [1.29, 1.82) is 0 Å². The second kappa shape index (κ2) is 12.2. The van der Waals surface area contributed by atoms with Gasteiger partial charge in [0.1, 0.15) is 0 Å². The number of hydrogen-bond donors (Lipinski definition) is 0. The molecule has 3 heteroatoms. The van der Waals surface area contributed by atoms with Crippen molar-refractivity contribution in [2.75, 3.05) is 0 Å². The van der Waals surface area contributed by atoms with Crippen molar-refractivity contribution in [2.24, 2.45) is 0 Å². The summed E-state index contributed by atoms with van der Waals surface area (Å²) in [7, 11) is 0. The topological polar surface area (TPSA) is 38.7 Å². The van der Waals surface area contributed by atoms with E-state index >= 15 is 0 Å². The van der Waals surface area contributed by atoms with Gasteiger partial charge in [0.25, 0.3) is 0 Å². The number of nitrogens with zero attached hydrogens (tertiary/aromatic N) is 3. The summed E-state index contributed by atoms with van der Waals surface area (Å²) in [5.74, 6) is 0.702. The zero-order valence-electron chi connectivity index (χ0n) is 25.3. The highest BCUT2D eigenvalue weighted by Crippen LogP contribution is 2.36. The van der Waals surface area contributed by atoms with E-state index < -0.39 is 0 Å². The van der Waals surface area contributed by atoms with E-state index in [1.807, 2.05) is 18.5 Å². The van der Waals surface area contributed by atoms with E-state index in [9.17, 15) is 0 Å². The van der Waals surface area contributed by atoms with Crippen molar-refractivity contribution < 1.29 is 0 Å². The molecule has 0 fully saturated rings. The van der Waals surface area contributed by atoms with Crippen molar-refractivity contribution in [3.8, 4) is 56.0 Å². The van der Waals surface area contributed by atoms with Crippen LogP contribution in [0.25, 0.3) is 72.4 Å². The van der Waals surface area contributed by atoms with Gasteiger partial charge in [0.05, 0.1) is 5.69 Å². The fourth-order valence-corrected chi connectivity index (χ4v) is 6.28. The van der Waals surface area contributed by atoms with Crippen molar-refractivity contribution in [2.45, 2.75) is 12.8 Å². The minimum Gasteiger partial charge on any atom is -0.264 e. The Morgan fingerprint density at radius 2 is 1.24 bits per heavy atom. The first-order valence-corrected chi connectivity index (χ1v) is 15.7. The summed E-state index contributed by atoms with van der Waals surface area (Å²) in [4.78, 5) is 14.5. The Hall–Kier alpha value is -5.93. The quantitative estimate of drug-likeness (QED) is 0.194. The minimum absolute atomic E-state index is 0.702. The maximum Gasteiger partial charge on any atom is 0.159 e. The van der Waals surface area contributed by atoms with Gasteiger partial charge in [0.15, 0.2) is 5.82 Å². The lowest BCUT2D eigenvalue weighted by molar-refractivity contribution is 1.04. The van der Waals surface area contributed by atoms with E-state index in [-0.39, 0.29) is 0 Å². The molecule has 0 N–H and O–H groups in total. The third-order valence-corrected chi connectivity index (χ3v) is 8.69. The number of allylic oxidation sites excluding steroid dienone is 4. The normalized spacial score (nSPS) is 12.7. The van der Waals surface area contributed by atoms with Gasteiger partial charge in [-0.2, -0.15) is 0 Å². The van der Waals surface area contributed by atoms with Crippen LogP contribution in [-0.2, 0) is 0 Å². The van der Waals surface area contributed by atoms with Gasteiger partial charge in [-0.05, 0) is 74.7 Å². The van der Waals surface area contributed by atoms with Gasteiger partial charge in [-0.1, -0.05) is 133 Å². The highest BCUT2D eigenvalue weighted by molar-refractivity contribution is 5.97. The van der Waals surface area contributed by atoms with E-state index in [4.69, 9.17) is 9.97 Å². The standard InChI is InChI=1S/C43H31N3/c1-2-9-30(10-3-1)36-13-6-14-37(27-36)41-29-45-43(46-42(41)34-22-18-31(19-23-34)38-15-8-26-44-28-38)35-24-20-33(21-25-35)40-17-7-12-32-11-4-5-16-39(32)40/h2,4-29H,1,3H2. The van der Waals surface area contributed by atoms with Crippen molar-refractivity contribution >= 4 is 16.3 Å². The van der Waals surface area contributed by atoms with Crippen molar-refractivity contribution in [3.63, 3.8) is 0 Å². The molecular formula is C43H31N3. The van der Waals surface area contributed by atoms with Gasteiger partial charge in [0.2, 0.25) is 0 Å². The van der Waals surface area contributed by atoms with Crippen LogP contribution in [0.2, 0.25) is 0 Å². The van der Waals surface area contributed by atoms with Crippen LogP contribution in [0.5, 0.6) is 0 Å². The maximum atomic E-state index is 5.23. The zero-order valence-corrected chi connectivity index (χ0v) is 25.3. The SMILES string of the molecule is C1=CC(c2cccc(-c3cnc(-c4ccc(-c5cccc6ccccc56)cc4)nc3-c3ccc(-c4cccnc4)cc3)c2)=CCC1. The molecule has 0 saturated heterocycles. The van der Waals surface area contributed by atoms with Gasteiger partial charge < -0.3 is 0 Å². The van der Waals surface area contributed by atoms with E-state index in [0.717, 1.165) is 51.9 Å². The Kier molecular flexibility index (Phi) is 7.33.